The predicted octanol–water partition coefficient (Wildman–Crippen LogP) is 1.97. The van der Waals surface area contributed by atoms with Gasteiger partial charge in [-0.2, -0.15) is 0 Å². The second kappa shape index (κ2) is 4.85. The van der Waals surface area contributed by atoms with Gasteiger partial charge in [-0.05, 0) is 39.0 Å². The van der Waals surface area contributed by atoms with Crippen LogP contribution >= 0.6 is 0 Å². The van der Waals surface area contributed by atoms with E-state index in [2.05, 4.69) is 0 Å². The minimum Gasteiger partial charge on any atom is -0.450 e. The third-order valence-corrected chi connectivity index (χ3v) is 3.68. The van der Waals surface area contributed by atoms with Crippen molar-refractivity contribution in [2.24, 2.45) is 5.92 Å². The molecular formula is C12H19NO3. The number of amides is 1. The van der Waals surface area contributed by atoms with Gasteiger partial charge >= 0.3 is 6.09 Å². The van der Waals surface area contributed by atoms with E-state index in [0.29, 0.717) is 6.61 Å². The van der Waals surface area contributed by atoms with Crippen LogP contribution in [-0.2, 0) is 9.53 Å². The minimum absolute atomic E-state index is 0.140. The minimum atomic E-state index is -0.193. The van der Waals surface area contributed by atoms with Crippen LogP contribution in [0.5, 0.6) is 0 Å². The lowest BCUT2D eigenvalue weighted by Crippen LogP contribution is -2.55. The Balaban J connectivity index is 2.08. The van der Waals surface area contributed by atoms with E-state index in [9.17, 15) is 9.59 Å². The van der Waals surface area contributed by atoms with Crippen LogP contribution in [0.15, 0.2) is 0 Å². The van der Waals surface area contributed by atoms with Crippen LogP contribution in [0.2, 0.25) is 0 Å². The van der Waals surface area contributed by atoms with E-state index >= 15 is 0 Å². The molecule has 0 aromatic heterocycles. The van der Waals surface area contributed by atoms with Crippen LogP contribution in [0, 0.1) is 5.92 Å². The molecule has 2 aliphatic rings. The summed E-state index contributed by atoms with van der Waals surface area (Å²) >= 11 is 0. The summed E-state index contributed by atoms with van der Waals surface area (Å²) in [6.45, 7) is 2.25. The highest BCUT2D eigenvalue weighted by Gasteiger charge is 2.41. The Morgan fingerprint density at radius 1 is 1.38 bits per heavy atom. The molecule has 2 aliphatic heterocycles. The molecule has 0 spiro atoms. The summed E-state index contributed by atoms with van der Waals surface area (Å²) in [4.78, 5) is 24.6. The molecule has 0 aromatic carbocycles. The van der Waals surface area contributed by atoms with Crippen molar-refractivity contribution in [3.05, 3.63) is 0 Å². The molecular weight excluding hydrogens is 206 g/mol. The van der Waals surface area contributed by atoms with E-state index in [1.165, 1.54) is 0 Å². The average molecular weight is 225 g/mol. The first-order valence-electron chi connectivity index (χ1n) is 6.16. The second-order valence-corrected chi connectivity index (χ2v) is 4.71. The zero-order valence-electron chi connectivity index (χ0n) is 9.72. The summed E-state index contributed by atoms with van der Waals surface area (Å²) in [6.07, 6.45) is 5.68. The van der Waals surface area contributed by atoms with E-state index in [4.69, 9.17) is 4.74 Å². The fraction of sp³-hybridized carbons (Fsp3) is 0.833. The Hall–Kier alpha value is -1.06. The molecule has 2 saturated heterocycles. The number of fused-ring (bicyclic) bond motifs is 2. The number of piperidine rings is 2. The van der Waals surface area contributed by atoms with Gasteiger partial charge in [0.05, 0.1) is 6.61 Å². The molecule has 2 bridgehead atoms. The van der Waals surface area contributed by atoms with Gasteiger partial charge < -0.3 is 14.4 Å². The molecule has 1 amide bonds. The van der Waals surface area contributed by atoms with E-state index < -0.39 is 0 Å². The molecule has 4 heteroatoms. The zero-order chi connectivity index (χ0) is 11.5. The van der Waals surface area contributed by atoms with Crippen LogP contribution in [0.25, 0.3) is 0 Å². The number of aldehydes is 1. The fourth-order valence-electron chi connectivity index (χ4n) is 3.03. The van der Waals surface area contributed by atoms with Crippen molar-refractivity contribution in [1.82, 2.24) is 4.90 Å². The first-order chi connectivity index (χ1) is 7.76. The maximum Gasteiger partial charge on any atom is 0.410 e. The largest absolute Gasteiger partial charge is 0.450 e. The number of carbonyl (C=O) groups is 2. The molecule has 0 saturated carbocycles. The van der Waals surface area contributed by atoms with Crippen molar-refractivity contribution in [1.29, 1.82) is 0 Å². The number of hydrogen-bond acceptors (Lipinski definition) is 3. The summed E-state index contributed by atoms with van der Waals surface area (Å²) in [7, 11) is 0. The number of rotatable bonds is 2. The van der Waals surface area contributed by atoms with Crippen molar-refractivity contribution in [2.75, 3.05) is 6.61 Å². The lowest BCUT2D eigenvalue weighted by Gasteiger charge is -2.46. The summed E-state index contributed by atoms with van der Waals surface area (Å²) in [6, 6.07) is 0.448. The Morgan fingerprint density at radius 2 is 2.00 bits per heavy atom. The smallest absolute Gasteiger partial charge is 0.410 e. The molecule has 0 N–H and O–H groups in total. The van der Waals surface area contributed by atoms with E-state index in [1.807, 2.05) is 11.8 Å². The molecule has 0 aromatic rings. The summed E-state index contributed by atoms with van der Waals surface area (Å²) in [5.41, 5.74) is 0. The van der Waals surface area contributed by atoms with Crippen LogP contribution in [0.1, 0.15) is 39.0 Å². The third kappa shape index (κ3) is 2.06. The van der Waals surface area contributed by atoms with Crippen molar-refractivity contribution in [3.8, 4) is 0 Å². The van der Waals surface area contributed by atoms with Gasteiger partial charge in [-0.15, -0.1) is 0 Å². The monoisotopic (exact) mass is 225 g/mol. The van der Waals surface area contributed by atoms with Crippen molar-refractivity contribution in [3.63, 3.8) is 0 Å². The number of carbonyl (C=O) groups excluding carboxylic acids is 2. The predicted molar refractivity (Wildman–Crippen MR) is 59.1 cm³/mol. The highest BCUT2D eigenvalue weighted by Crippen LogP contribution is 2.36. The Bertz CT molecular complexity index is 265. The molecule has 2 heterocycles. The summed E-state index contributed by atoms with van der Waals surface area (Å²) in [5.74, 6) is 0.140. The highest BCUT2D eigenvalue weighted by atomic mass is 16.6. The molecule has 0 aliphatic carbocycles. The van der Waals surface area contributed by atoms with E-state index in [0.717, 1.165) is 38.4 Å². The Labute approximate surface area is 95.9 Å². The highest BCUT2D eigenvalue weighted by molar-refractivity contribution is 5.69. The van der Waals surface area contributed by atoms with Gasteiger partial charge in [0, 0.05) is 18.0 Å². The van der Waals surface area contributed by atoms with Gasteiger partial charge in [-0.3, -0.25) is 0 Å². The Morgan fingerprint density at radius 3 is 2.50 bits per heavy atom. The quantitative estimate of drug-likeness (QED) is 0.675. The molecule has 2 fully saturated rings. The second-order valence-electron chi connectivity index (χ2n) is 4.71. The first kappa shape index (κ1) is 11.4. The van der Waals surface area contributed by atoms with Gasteiger partial charge in [0.25, 0.3) is 0 Å². The normalized spacial score (nSPS) is 33.3. The molecule has 0 radical (unpaired) electrons. The maximum absolute atomic E-state index is 11.8. The number of hydrogen-bond donors (Lipinski definition) is 0. The molecule has 2 rings (SSSR count). The molecule has 16 heavy (non-hydrogen) atoms. The summed E-state index contributed by atoms with van der Waals surface area (Å²) < 4.78 is 5.09. The first-order valence-corrected chi connectivity index (χ1v) is 6.16. The van der Waals surface area contributed by atoms with Gasteiger partial charge in [-0.25, -0.2) is 4.79 Å². The molecule has 4 nitrogen and oxygen atoms in total. The number of ether oxygens (including phenoxy) is 1. The van der Waals surface area contributed by atoms with Gasteiger partial charge in [0.2, 0.25) is 0 Å². The molecule has 90 valence electrons. The van der Waals surface area contributed by atoms with E-state index in [1.54, 1.807) is 0 Å². The molecule has 2 unspecified atom stereocenters. The van der Waals surface area contributed by atoms with Gasteiger partial charge in [-0.1, -0.05) is 0 Å². The zero-order valence-corrected chi connectivity index (χ0v) is 9.72. The van der Waals surface area contributed by atoms with Crippen molar-refractivity contribution in [2.45, 2.75) is 51.1 Å². The topological polar surface area (TPSA) is 46.6 Å². The van der Waals surface area contributed by atoms with Gasteiger partial charge in [0.1, 0.15) is 6.29 Å². The summed E-state index contributed by atoms with van der Waals surface area (Å²) in [5, 5.41) is 0. The number of nitrogens with zero attached hydrogens (tertiary/aromatic N) is 1. The average Bonchev–Trinajstić information content (AvgIpc) is 2.27. The Kier molecular flexibility index (Phi) is 3.46. The van der Waals surface area contributed by atoms with Gasteiger partial charge in [0.15, 0.2) is 0 Å². The molecule has 2 atom stereocenters. The lowest BCUT2D eigenvalue weighted by molar-refractivity contribution is -0.114. The van der Waals surface area contributed by atoms with Crippen molar-refractivity contribution >= 4 is 12.4 Å². The van der Waals surface area contributed by atoms with Crippen molar-refractivity contribution < 1.29 is 14.3 Å². The standard InChI is InChI=1S/C12H19NO3/c1-2-16-12(15)13-10-4-3-5-11(13)7-9(6-10)8-14/h8-11H,2-7H2,1H3. The van der Waals surface area contributed by atoms with Crippen LogP contribution in [0.4, 0.5) is 4.79 Å². The lowest BCUT2D eigenvalue weighted by atomic mass is 9.79. The van der Waals surface area contributed by atoms with Crippen LogP contribution in [-0.4, -0.2) is 36.0 Å². The van der Waals surface area contributed by atoms with E-state index in [-0.39, 0.29) is 24.1 Å². The third-order valence-electron chi connectivity index (χ3n) is 3.68. The maximum atomic E-state index is 11.8. The SMILES string of the molecule is CCOC(=O)N1C2CCCC1CC(C=O)C2. The van der Waals surface area contributed by atoms with Crippen LogP contribution < -0.4 is 0 Å². The van der Waals surface area contributed by atoms with Crippen LogP contribution in [0.3, 0.4) is 0 Å². The fourth-order valence-corrected chi connectivity index (χ4v) is 3.03.